The summed E-state index contributed by atoms with van der Waals surface area (Å²) in [6.07, 6.45) is 0. The molecule has 1 atom stereocenters. The number of hydrogen-bond acceptors (Lipinski definition) is 2. The lowest BCUT2D eigenvalue weighted by Gasteiger charge is -2.25. The third-order valence-electron chi connectivity index (χ3n) is 2.55. The number of rotatable bonds is 4. The van der Waals surface area contributed by atoms with Crippen LogP contribution in [0.2, 0.25) is 5.02 Å². The Hall–Kier alpha value is -0.860. The van der Waals surface area contributed by atoms with Crippen LogP contribution < -0.4 is 0 Å². The number of likely N-dealkylation sites (N-methyl/N-ethyl adjacent to an activating group) is 1. The van der Waals surface area contributed by atoms with Gasteiger partial charge in [0.1, 0.15) is 0 Å². The topological polar surface area (TPSA) is 20.3 Å². The first-order chi connectivity index (χ1) is 7.45. The van der Waals surface area contributed by atoms with Crippen LogP contribution in [0.15, 0.2) is 24.3 Å². The van der Waals surface area contributed by atoms with Gasteiger partial charge in [0.15, 0.2) is 5.78 Å². The molecule has 1 unspecified atom stereocenters. The first kappa shape index (κ1) is 16.1. The first-order valence-corrected chi connectivity index (χ1v) is 5.77. The van der Waals surface area contributed by atoms with Crippen LogP contribution in [-0.2, 0) is 4.79 Å². The molecular formula is C14H22ClNO. The number of carbonyl (C=O) groups excluding carboxylic acids is 1. The molecule has 0 saturated carbocycles. The minimum absolute atomic E-state index is 0. The molecule has 0 saturated heterocycles. The Balaban J connectivity index is 0.00000256. The second kappa shape index (κ2) is 6.77. The largest absolute Gasteiger partial charge is 0.297 e. The lowest BCUT2D eigenvalue weighted by atomic mass is 9.94. The van der Waals surface area contributed by atoms with Crippen LogP contribution in [0.5, 0.6) is 0 Å². The van der Waals surface area contributed by atoms with E-state index in [2.05, 4.69) is 0 Å². The van der Waals surface area contributed by atoms with E-state index in [9.17, 15) is 4.79 Å². The Morgan fingerprint density at radius 2 is 1.76 bits per heavy atom. The van der Waals surface area contributed by atoms with Gasteiger partial charge in [0.05, 0.1) is 6.04 Å². The van der Waals surface area contributed by atoms with E-state index in [1.807, 2.05) is 57.1 Å². The van der Waals surface area contributed by atoms with Gasteiger partial charge in [-0.3, -0.25) is 9.69 Å². The van der Waals surface area contributed by atoms with Crippen molar-refractivity contribution >= 4 is 17.4 Å². The van der Waals surface area contributed by atoms with Crippen LogP contribution in [0.25, 0.3) is 0 Å². The van der Waals surface area contributed by atoms with Crippen LogP contribution in [0.3, 0.4) is 0 Å². The molecule has 17 heavy (non-hydrogen) atoms. The van der Waals surface area contributed by atoms with E-state index in [4.69, 9.17) is 11.6 Å². The molecule has 0 radical (unpaired) electrons. The van der Waals surface area contributed by atoms with Crippen molar-refractivity contribution in [3.63, 3.8) is 0 Å². The molecule has 3 heteroatoms. The highest BCUT2D eigenvalue weighted by atomic mass is 35.5. The third-order valence-corrected chi connectivity index (χ3v) is 2.90. The van der Waals surface area contributed by atoms with Crippen molar-refractivity contribution in [3.8, 4) is 0 Å². The average Bonchev–Trinajstić information content (AvgIpc) is 2.20. The van der Waals surface area contributed by atoms with E-state index in [0.29, 0.717) is 5.02 Å². The molecule has 96 valence electrons. The zero-order valence-electron chi connectivity index (χ0n) is 10.2. The monoisotopic (exact) mass is 255 g/mol. The highest BCUT2D eigenvalue weighted by molar-refractivity contribution is 6.31. The molecule has 0 aliphatic carbocycles. The predicted octanol–water partition coefficient (Wildman–Crippen LogP) is 3.80. The van der Waals surface area contributed by atoms with Crippen molar-refractivity contribution < 1.29 is 4.79 Å². The number of benzene rings is 1. The minimum Gasteiger partial charge on any atom is -0.297 e. The molecule has 1 aromatic carbocycles. The smallest absolute Gasteiger partial charge is 0.157 e. The minimum atomic E-state index is -0.256. The van der Waals surface area contributed by atoms with E-state index >= 15 is 0 Å². The van der Waals surface area contributed by atoms with Gasteiger partial charge in [-0.15, -0.1) is 0 Å². The zero-order chi connectivity index (χ0) is 12.3. The molecule has 0 N–H and O–H groups in total. The molecule has 1 aromatic rings. The standard InChI is InChI=1S/C13H18ClNO.CH4/c1-9(2)13(16)12(15(3)4)10-7-5-6-8-11(10)14;/h5-9,12H,1-4H3;1H4. The van der Waals surface area contributed by atoms with E-state index < -0.39 is 0 Å². The van der Waals surface area contributed by atoms with Crippen molar-refractivity contribution in [2.24, 2.45) is 5.92 Å². The number of nitrogens with zero attached hydrogens (tertiary/aromatic N) is 1. The second-order valence-electron chi connectivity index (χ2n) is 4.44. The highest BCUT2D eigenvalue weighted by Crippen LogP contribution is 2.28. The fourth-order valence-corrected chi connectivity index (χ4v) is 1.94. The van der Waals surface area contributed by atoms with Gasteiger partial charge in [0, 0.05) is 10.9 Å². The number of Topliss-reactive ketones (excluding diaryl/α,β-unsaturated/α-hetero) is 1. The molecule has 2 nitrogen and oxygen atoms in total. The Morgan fingerprint density at radius 1 is 1.24 bits per heavy atom. The maximum Gasteiger partial charge on any atom is 0.157 e. The molecule has 0 amide bonds. The summed E-state index contributed by atoms with van der Waals surface area (Å²) >= 11 is 6.13. The Bertz CT molecular complexity index is 374. The van der Waals surface area contributed by atoms with E-state index in [-0.39, 0.29) is 25.2 Å². The Kier molecular flexibility index (Phi) is 6.43. The summed E-state index contributed by atoms with van der Waals surface area (Å²) in [7, 11) is 3.79. The molecule has 0 heterocycles. The molecule has 0 spiro atoms. The van der Waals surface area contributed by atoms with Gasteiger partial charge in [-0.25, -0.2) is 0 Å². The zero-order valence-corrected chi connectivity index (χ0v) is 11.0. The van der Waals surface area contributed by atoms with Crippen molar-refractivity contribution in [3.05, 3.63) is 34.9 Å². The molecule has 0 aliphatic heterocycles. The summed E-state index contributed by atoms with van der Waals surface area (Å²) in [6.45, 7) is 3.82. The van der Waals surface area contributed by atoms with Crippen LogP contribution in [0.4, 0.5) is 0 Å². The van der Waals surface area contributed by atoms with Gasteiger partial charge in [0.2, 0.25) is 0 Å². The van der Waals surface area contributed by atoms with Crippen molar-refractivity contribution in [2.75, 3.05) is 14.1 Å². The van der Waals surface area contributed by atoms with Crippen molar-refractivity contribution in [1.29, 1.82) is 0 Å². The number of halogens is 1. The summed E-state index contributed by atoms with van der Waals surface area (Å²) in [5.74, 6) is 0.196. The van der Waals surface area contributed by atoms with Gasteiger partial charge in [0.25, 0.3) is 0 Å². The van der Waals surface area contributed by atoms with Gasteiger partial charge in [-0.1, -0.05) is 51.1 Å². The third kappa shape index (κ3) is 3.83. The highest BCUT2D eigenvalue weighted by Gasteiger charge is 2.26. The summed E-state index contributed by atoms with van der Waals surface area (Å²) in [6, 6.07) is 7.26. The van der Waals surface area contributed by atoms with E-state index in [0.717, 1.165) is 5.56 Å². The maximum absolute atomic E-state index is 12.1. The molecule has 0 fully saturated rings. The quantitative estimate of drug-likeness (QED) is 0.816. The normalized spacial score (nSPS) is 12.4. The van der Waals surface area contributed by atoms with E-state index in [1.165, 1.54) is 0 Å². The fraction of sp³-hybridized carbons (Fsp3) is 0.500. The molecule has 0 aromatic heterocycles. The first-order valence-electron chi connectivity index (χ1n) is 5.39. The Labute approximate surface area is 110 Å². The summed E-state index contributed by atoms with van der Waals surface area (Å²) in [4.78, 5) is 14.0. The van der Waals surface area contributed by atoms with E-state index in [1.54, 1.807) is 0 Å². The maximum atomic E-state index is 12.1. The van der Waals surface area contributed by atoms with Crippen LogP contribution in [-0.4, -0.2) is 24.8 Å². The van der Waals surface area contributed by atoms with Crippen molar-refractivity contribution in [1.82, 2.24) is 4.90 Å². The molecule has 0 bridgehead atoms. The van der Waals surface area contributed by atoms with Gasteiger partial charge < -0.3 is 0 Å². The van der Waals surface area contributed by atoms with Gasteiger partial charge >= 0.3 is 0 Å². The van der Waals surface area contributed by atoms with Gasteiger partial charge in [-0.2, -0.15) is 0 Å². The predicted molar refractivity (Wildman–Crippen MR) is 74.5 cm³/mol. The SMILES string of the molecule is C.CC(C)C(=O)C(c1ccccc1Cl)N(C)C. The Morgan fingerprint density at radius 3 is 2.18 bits per heavy atom. The molecule has 1 rings (SSSR count). The molecule has 0 aliphatic rings. The lowest BCUT2D eigenvalue weighted by Crippen LogP contribution is -2.30. The van der Waals surface area contributed by atoms with Crippen LogP contribution >= 0.6 is 11.6 Å². The molecular weight excluding hydrogens is 234 g/mol. The lowest BCUT2D eigenvalue weighted by molar-refractivity contribution is -0.126. The summed E-state index contributed by atoms with van der Waals surface area (Å²) in [5, 5.41) is 0.648. The van der Waals surface area contributed by atoms with Crippen molar-refractivity contribution in [2.45, 2.75) is 27.3 Å². The summed E-state index contributed by atoms with van der Waals surface area (Å²) < 4.78 is 0. The van der Waals surface area contributed by atoms with Crippen LogP contribution in [0, 0.1) is 5.92 Å². The average molecular weight is 256 g/mol. The number of ketones is 1. The number of carbonyl (C=O) groups is 1. The fourth-order valence-electron chi connectivity index (χ4n) is 1.70. The number of hydrogen-bond donors (Lipinski definition) is 0. The van der Waals surface area contributed by atoms with Crippen LogP contribution in [0.1, 0.15) is 32.9 Å². The summed E-state index contributed by atoms with van der Waals surface area (Å²) in [5.41, 5.74) is 0.882. The second-order valence-corrected chi connectivity index (χ2v) is 4.85. The van der Waals surface area contributed by atoms with Gasteiger partial charge in [-0.05, 0) is 25.7 Å².